The number of amides is 1. The number of nitrogens with zero attached hydrogens (tertiary/aromatic N) is 1. The summed E-state index contributed by atoms with van der Waals surface area (Å²) in [6.45, 7) is 3.99. The molecule has 2 aliphatic rings. The van der Waals surface area contributed by atoms with E-state index in [1.54, 1.807) is 11.3 Å². The fraction of sp³-hybridized carbons (Fsp3) is 0.476. The highest BCUT2D eigenvalue weighted by Crippen LogP contribution is 2.32. The number of ether oxygens (including phenoxy) is 1. The molecule has 1 amide bonds. The Bertz CT molecular complexity index is 753. The van der Waals surface area contributed by atoms with Gasteiger partial charge in [-0.3, -0.25) is 9.69 Å². The number of carbonyl (C=O) groups is 1. The molecule has 4 rings (SSSR count). The molecule has 1 aromatic heterocycles. The van der Waals surface area contributed by atoms with Crippen molar-refractivity contribution in [3.8, 4) is 5.75 Å². The smallest absolute Gasteiger partial charge is 0.234 e. The van der Waals surface area contributed by atoms with Crippen LogP contribution in [0, 0.1) is 6.92 Å². The summed E-state index contributed by atoms with van der Waals surface area (Å²) in [4.78, 5) is 14.8. The normalized spacial score (nSPS) is 21.0. The van der Waals surface area contributed by atoms with Crippen molar-refractivity contribution >= 4 is 17.2 Å². The van der Waals surface area contributed by atoms with Gasteiger partial charge in [0.05, 0.1) is 6.54 Å². The van der Waals surface area contributed by atoms with E-state index in [0.29, 0.717) is 12.6 Å². The highest BCUT2D eigenvalue weighted by atomic mass is 32.1. The first-order chi connectivity index (χ1) is 12.7. The Morgan fingerprint density at radius 1 is 1.31 bits per heavy atom. The van der Waals surface area contributed by atoms with Gasteiger partial charge in [0.1, 0.15) is 11.9 Å². The zero-order valence-electron chi connectivity index (χ0n) is 15.2. The van der Waals surface area contributed by atoms with E-state index in [1.807, 2.05) is 0 Å². The van der Waals surface area contributed by atoms with E-state index in [1.165, 1.54) is 24.0 Å². The van der Waals surface area contributed by atoms with Gasteiger partial charge in [0.2, 0.25) is 5.91 Å². The maximum Gasteiger partial charge on any atom is 0.234 e. The molecule has 1 atom stereocenters. The molecule has 2 aromatic rings. The fourth-order valence-corrected chi connectivity index (χ4v) is 4.68. The van der Waals surface area contributed by atoms with Crippen molar-refractivity contribution in [3.05, 3.63) is 51.7 Å². The van der Waals surface area contributed by atoms with Gasteiger partial charge in [0.15, 0.2) is 0 Å². The average Bonchev–Trinajstić information content (AvgIpc) is 3.27. The molecule has 5 heteroatoms. The molecule has 138 valence electrons. The molecule has 0 radical (unpaired) electrons. The van der Waals surface area contributed by atoms with Gasteiger partial charge in [0, 0.05) is 30.3 Å². The number of nitrogens with one attached hydrogen (secondary N) is 1. The van der Waals surface area contributed by atoms with E-state index in [-0.39, 0.29) is 12.0 Å². The minimum absolute atomic E-state index is 0.0375. The molecular formula is C21H26N2O2S. The van der Waals surface area contributed by atoms with Crippen molar-refractivity contribution in [1.82, 2.24) is 10.2 Å². The van der Waals surface area contributed by atoms with Gasteiger partial charge in [-0.05, 0) is 42.7 Å². The lowest BCUT2D eigenvalue weighted by molar-refractivity contribution is -0.123. The fourth-order valence-electron chi connectivity index (χ4n) is 3.98. The first-order valence-electron chi connectivity index (χ1n) is 9.47. The molecule has 4 nitrogen and oxygen atoms in total. The first-order valence-corrected chi connectivity index (χ1v) is 10.4. The van der Waals surface area contributed by atoms with Crippen LogP contribution < -0.4 is 10.1 Å². The molecule has 2 heterocycles. The van der Waals surface area contributed by atoms with Crippen LogP contribution in [0.2, 0.25) is 0 Å². The van der Waals surface area contributed by atoms with Crippen molar-refractivity contribution < 1.29 is 9.53 Å². The minimum Gasteiger partial charge on any atom is -0.484 e. The second-order valence-corrected chi connectivity index (χ2v) is 8.27. The van der Waals surface area contributed by atoms with Gasteiger partial charge < -0.3 is 10.1 Å². The van der Waals surface area contributed by atoms with E-state index in [2.05, 4.69) is 52.2 Å². The number of thiophene rings is 1. The van der Waals surface area contributed by atoms with E-state index >= 15 is 0 Å². The lowest BCUT2D eigenvalue weighted by Gasteiger charge is -2.24. The van der Waals surface area contributed by atoms with Crippen LogP contribution in [0.4, 0.5) is 0 Å². The summed E-state index contributed by atoms with van der Waals surface area (Å²) in [7, 11) is 0. The maximum atomic E-state index is 12.6. The Balaban J connectivity index is 1.52. The monoisotopic (exact) mass is 370 g/mol. The van der Waals surface area contributed by atoms with Gasteiger partial charge in [0.25, 0.3) is 0 Å². The molecule has 1 N–H and O–H groups in total. The van der Waals surface area contributed by atoms with Gasteiger partial charge in [-0.2, -0.15) is 11.3 Å². The predicted molar refractivity (Wildman–Crippen MR) is 105 cm³/mol. The Morgan fingerprint density at radius 2 is 2.15 bits per heavy atom. The topological polar surface area (TPSA) is 41.6 Å². The standard InChI is InChI=1S/C21H26N2O2S/c1-15-6-7-19-17(10-15)11-23(12-20(25-19)16-8-9-26-14-16)13-21(24)22-18-4-2-3-5-18/h6-10,14,18,20H,2-5,11-13H2,1H3,(H,22,24)/t20-/m1/s1. The zero-order valence-corrected chi connectivity index (χ0v) is 16.1. The highest BCUT2D eigenvalue weighted by molar-refractivity contribution is 7.07. The highest BCUT2D eigenvalue weighted by Gasteiger charge is 2.27. The molecule has 0 unspecified atom stereocenters. The molecule has 1 aliphatic carbocycles. The molecule has 26 heavy (non-hydrogen) atoms. The lowest BCUT2D eigenvalue weighted by Crippen LogP contribution is -2.42. The number of aryl methyl sites for hydroxylation is 1. The van der Waals surface area contributed by atoms with Crippen molar-refractivity contribution in [2.45, 2.75) is 51.3 Å². The van der Waals surface area contributed by atoms with Crippen LogP contribution >= 0.6 is 11.3 Å². The number of benzene rings is 1. The Morgan fingerprint density at radius 3 is 2.92 bits per heavy atom. The second-order valence-electron chi connectivity index (χ2n) is 7.49. The van der Waals surface area contributed by atoms with Crippen molar-refractivity contribution in [3.63, 3.8) is 0 Å². The van der Waals surface area contributed by atoms with Gasteiger partial charge in [-0.15, -0.1) is 0 Å². The van der Waals surface area contributed by atoms with Crippen molar-refractivity contribution in [1.29, 1.82) is 0 Å². The number of carbonyl (C=O) groups excluding carboxylic acids is 1. The Hall–Kier alpha value is -1.85. The van der Waals surface area contributed by atoms with Crippen LogP contribution in [-0.4, -0.2) is 29.9 Å². The summed E-state index contributed by atoms with van der Waals surface area (Å²) in [5.74, 6) is 1.07. The minimum atomic E-state index is -0.0375. The van der Waals surface area contributed by atoms with E-state index in [4.69, 9.17) is 4.74 Å². The quantitative estimate of drug-likeness (QED) is 0.883. The summed E-state index contributed by atoms with van der Waals surface area (Å²) in [5.41, 5.74) is 3.57. The number of fused-ring (bicyclic) bond motifs is 1. The summed E-state index contributed by atoms with van der Waals surface area (Å²) < 4.78 is 6.33. The van der Waals surface area contributed by atoms with Crippen LogP contribution in [0.15, 0.2) is 35.0 Å². The molecule has 0 spiro atoms. The van der Waals surface area contributed by atoms with Crippen LogP contribution in [0.3, 0.4) is 0 Å². The SMILES string of the molecule is Cc1ccc2c(c1)CN(CC(=O)NC1CCCC1)C[C@H](c1ccsc1)O2. The molecule has 1 fully saturated rings. The molecule has 1 aromatic carbocycles. The second kappa shape index (κ2) is 7.80. The average molecular weight is 371 g/mol. The third kappa shape index (κ3) is 4.10. The van der Waals surface area contributed by atoms with Crippen LogP contribution in [0.5, 0.6) is 5.75 Å². The first kappa shape index (κ1) is 17.6. The molecule has 1 aliphatic heterocycles. The Labute approximate surface area is 159 Å². The Kier molecular flexibility index (Phi) is 5.27. The summed E-state index contributed by atoms with van der Waals surface area (Å²) in [6, 6.07) is 8.81. The van der Waals surface area contributed by atoms with E-state index in [0.717, 1.165) is 37.2 Å². The molecule has 0 bridgehead atoms. The third-order valence-electron chi connectivity index (χ3n) is 5.31. The van der Waals surface area contributed by atoms with Crippen LogP contribution in [0.1, 0.15) is 48.5 Å². The number of rotatable bonds is 4. The van der Waals surface area contributed by atoms with Crippen molar-refractivity contribution in [2.75, 3.05) is 13.1 Å². The summed E-state index contributed by atoms with van der Waals surface area (Å²) in [5, 5.41) is 7.43. The predicted octanol–water partition coefficient (Wildman–Crippen LogP) is 4.05. The number of hydrogen-bond donors (Lipinski definition) is 1. The van der Waals surface area contributed by atoms with Crippen LogP contribution in [-0.2, 0) is 11.3 Å². The van der Waals surface area contributed by atoms with E-state index in [9.17, 15) is 4.79 Å². The van der Waals surface area contributed by atoms with Gasteiger partial charge in [-0.25, -0.2) is 0 Å². The van der Waals surface area contributed by atoms with E-state index < -0.39 is 0 Å². The number of hydrogen-bond acceptors (Lipinski definition) is 4. The lowest BCUT2D eigenvalue weighted by atomic mass is 10.1. The molecule has 1 saturated carbocycles. The van der Waals surface area contributed by atoms with Crippen molar-refractivity contribution in [2.24, 2.45) is 0 Å². The van der Waals surface area contributed by atoms with Gasteiger partial charge >= 0.3 is 0 Å². The molecular weight excluding hydrogens is 344 g/mol. The zero-order chi connectivity index (χ0) is 17.9. The third-order valence-corrected chi connectivity index (χ3v) is 6.01. The largest absolute Gasteiger partial charge is 0.484 e. The van der Waals surface area contributed by atoms with Crippen LogP contribution in [0.25, 0.3) is 0 Å². The van der Waals surface area contributed by atoms with Gasteiger partial charge in [-0.1, -0.05) is 30.5 Å². The summed E-state index contributed by atoms with van der Waals surface area (Å²) in [6.07, 6.45) is 4.66. The molecule has 0 saturated heterocycles. The summed E-state index contributed by atoms with van der Waals surface area (Å²) >= 11 is 1.68. The maximum absolute atomic E-state index is 12.6.